The normalized spacial score (nSPS) is 12.0. The van der Waals surface area contributed by atoms with Gasteiger partial charge in [-0.05, 0) is 69.1 Å². The second kappa shape index (κ2) is 8.83. The first-order chi connectivity index (χ1) is 11.9. The van der Waals surface area contributed by atoms with E-state index in [-0.39, 0.29) is 17.7 Å². The van der Waals surface area contributed by atoms with E-state index in [9.17, 15) is 9.59 Å². The zero-order valence-corrected chi connectivity index (χ0v) is 15.9. The van der Waals surface area contributed by atoms with Crippen molar-refractivity contribution in [3.05, 3.63) is 59.7 Å². The summed E-state index contributed by atoms with van der Waals surface area (Å²) >= 11 is 1.71. The Morgan fingerprint density at radius 3 is 2.20 bits per heavy atom. The summed E-state index contributed by atoms with van der Waals surface area (Å²) in [7, 11) is 1.94. The minimum Gasteiger partial charge on any atom is -0.325 e. The molecule has 0 aromatic heterocycles. The third-order valence-corrected chi connectivity index (χ3v) is 4.93. The molecule has 0 saturated heterocycles. The van der Waals surface area contributed by atoms with E-state index in [4.69, 9.17) is 0 Å². The highest BCUT2D eigenvalue weighted by Gasteiger charge is 2.18. The van der Waals surface area contributed by atoms with E-state index in [0.29, 0.717) is 17.8 Å². The first-order valence-corrected chi connectivity index (χ1v) is 9.38. The van der Waals surface area contributed by atoms with Crippen LogP contribution in [0.15, 0.2) is 53.4 Å². The van der Waals surface area contributed by atoms with Crippen molar-refractivity contribution in [3.63, 3.8) is 0 Å². The number of rotatable bonds is 7. The molecule has 0 aliphatic rings. The van der Waals surface area contributed by atoms with E-state index in [0.717, 1.165) is 0 Å². The van der Waals surface area contributed by atoms with Gasteiger partial charge in [0.2, 0.25) is 5.91 Å². The Labute approximate surface area is 153 Å². The highest BCUT2D eigenvalue weighted by Crippen LogP contribution is 2.17. The molecule has 0 spiro atoms. The number of anilines is 1. The number of nitrogens with one attached hydrogen (secondary N) is 1. The van der Waals surface area contributed by atoms with Crippen LogP contribution in [0.3, 0.4) is 0 Å². The predicted octanol–water partition coefficient (Wildman–Crippen LogP) is 4.07. The number of likely N-dealkylation sites (N-methyl/N-ethyl adjacent to an activating group) is 1. The fraction of sp³-hybridized carbons (Fsp3) is 0.300. The molecule has 4 nitrogen and oxygen atoms in total. The van der Waals surface area contributed by atoms with Crippen molar-refractivity contribution < 1.29 is 9.59 Å². The van der Waals surface area contributed by atoms with E-state index in [1.807, 2.05) is 18.9 Å². The lowest BCUT2D eigenvalue weighted by Crippen LogP contribution is -2.39. The third kappa shape index (κ3) is 5.44. The molecule has 1 N–H and O–H groups in total. The van der Waals surface area contributed by atoms with Gasteiger partial charge in [-0.1, -0.05) is 12.1 Å². The first kappa shape index (κ1) is 19.2. The lowest BCUT2D eigenvalue weighted by atomic mass is 10.1. The van der Waals surface area contributed by atoms with Crippen LogP contribution in [-0.2, 0) is 11.3 Å². The summed E-state index contributed by atoms with van der Waals surface area (Å²) in [6, 6.07) is 15.0. The number of carbonyl (C=O) groups is 2. The molecular weight excluding hydrogens is 332 g/mol. The van der Waals surface area contributed by atoms with Crippen molar-refractivity contribution >= 4 is 29.1 Å². The largest absolute Gasteiger partial charge is 0.325 e. The Hall–Kier alpha value is -2.11. The molecular formula is C20H24N2O2S. The van der Waals surface area contributed by atoms with Gasteiger partial charge in [0, 0.05) is 22.7 Å². The molecule has 25 heavy (non-hydrogen) atoms. The van der Waals surface area contributed by atoms with Crippen molar-refractivity contribution in [2.24, 2.45) is 0 Å². The summed E-state index contributed by atoms with van der Waals surface area (Å²) in [6.45, 7) is 4.11. The zero-order chi connectivity index (χ0) is 18.4. The smallest absolute Gasteiger partial charge is 0.241 e. The molecule has 2 rings (SSSR count). The van der Waals surface area contributed by atoms with Crippen LogP contribution in [0.25, 0.3) is 0 Å². The minimum atomic E-state index is -0.271. The van der Waals surface area contributed by atoms with Gasteiger partial charge in [0.1, 0.15) is 0 Å². The van der Waals surface area contributed by atoms with Crippen LogP contribution >= 0.6 is 11.8 Å². The number of hydrogen-bond acceptors (Lipinski definition) is 4. The number of amides is 1. The van der Waals surface area contributed by atoms with Crippen LogP contribution in [0.1, 0.15) is 29.8 Å². The molecule has 1 atom stereocenters. The second-order valence-electron chi connectivity index (χ2n) is 6.06. The lowest BCUT2D eigenvalue weighted by molar-refractivity contribution is -0.120. The Morgan fingerprint density at radius 1 is 1.08 bits per heavy atom. The molecule has 2 aromatic rings. The monoisotopic (exact) mass is 356 g/mol. The van der Waals surface area contributed by atoms with Crippen molar-refractivity contribution in [2.45, 2.75) is 31.3 Å². The Kier molecular flexibility index (Phi) is 6.79. The zero-order valence-electron chi connectivity index (χ0n) is 15.1. The van der Waals surface area contributed by atoms with Crippen molar-refractivity contribution in [2.75, 3.05) is 18.6 Å². The van der Waals surface area contributed by atoms with Gasteiger partial charge in [0.05, 0.1) is 6.04 Å². The molecule has 1 amide bonds. The van der Waals surface area contributed by atoms with Crippen LogP contribution in [0.5, 0.6) is 0 Å². The average Bonchev–Trinajstić information content (AvgIpc) is 2.62. The Bertz CT molecular complexity index is 726. The number of hydrogen-bond donors (Lipinski definition) is 1. The molecule has 0 aliphatic heterocycles. The van der Waals surface area contributed by atoms with Crippen LogP contribution in [-0.4, -0.2) is 35.9 Å². The maximum absolute atomic E-state index is 12.4. The van der Waals surface area contributed by atoms with Gasteiger partial charge in [-0.2, -0.15) is 0 Å². The highest BCUT2D eigenvalue weighted by atomic mass is 32.2. The molecule has 0 fully saturated rings. The van der Waals surface area contributed by atoms with E-state index >= 15 is 0 Å². The van der Waals surface area contributed by atoms with Crippen molar-refractivity contribution in [1.29, 1.82) is 0 Å². The molecule has 0 unspecified atom stereocenters. The molecule has 0 saturated carbocycles. The van der Waals surface area contributed by atoms with Gasteiger partial charge < -0.3 is 5.32 Å². The minimum absolute atomic E-state index is 0.0125. The summed E-state index contributed by atoms with van der Waals surface area (Å²) in [6.07, 6.45) is 2.05. The summed E-state index contributed by atoms with van der Waals surface area (Å²) in [4.78, 5) is 27.0. The van der Waals surface area contributed by atoms with Gasteiger partial charge in [-0.3, -0.25) is 14.5 Å². The second-order valence-corrected chi connectivity index (χ2v) is 6.94. The summed E-state index contributed by atoms with van der Waals surface area (Å²) in [5.41, 5.74) is 2.50. The van der Waals surface area contributed by atoms with Gasteiger partial charge >= 0.3 is 0 Å². The molecule has 2 aromatic carbocycles. The number of ketones is 1. The van der Waals surface area contributed by atoms with Crippen LogP contribution in [0.2, 0.25) is 0 Å². The Balaban J connectivity index is 1.94. The number of benzene rings is 2. The molecule has 5 heteroatoms. The SMILES string of the molecule is CSc1ccc(CN(C)[C@@H](C)C(=O)Nc2ccc(C(C)=O)cc2)cc1. The quantitative estimate of drug-likeness (QED) is 0.600. The maximum Gasteiger partial charge on any atom is 0.241 e. The van der Waals surface area contributed by atoms with Gasteiger partial charge in [0.15, 0.2) is 5.78 Å². The highest BCUT2D eigenvalue weighted by molar-refractivity contribution is 7.98. The number of carbonyl (C=O) groups excluding carboxylic acids is 2. The van der Waals surface area contributed by atoms with Crippen molar-refractivity contribution in [3.8, 4) is 0 Å². The topological polar surface area (TPSA) is 49.4 Å². The average molecular weight is 356 g/mol. The van der Waals surface area contributed by atoms with Crippen LogP contribution < -0.4 is 5.32 Å². The first-order valence-electron chi connectivity index (χ1n) is 8.15. The molecule has 0 bridgehead atoms. The van der Waals surface area contributed by atoms with Crippen molar-refractivity contribution in [1.82, 2.24) is 4.90 Å². The number of thioether (sulfide) groups is 1. The molecule has 0 heterocycles. The van der Waals surface area contributed by atoms with E-state index in [1.165, 1.54) is 17.4 Å². The van der Waals surface area contributed by atoms with E-state index < -0.39 is 0 Å². The van der Waals surface area contributed by atoms with Crippen LogP contribution in [0.4, 0.5) is 5.69 Å². The number of Topliss-reactive ketones (excluding diaryl/α,β-unsaturated/α-hetero) is 1. The maximum atomic E-state index is 12.4. The standard InChI is InChI=1S/C20H24N2O2S/c1-14(22(3)13-16-5-11-19(25-4)12-6-16)20(24)21-18-9-7-17(8-10-18)15(2)23/h5-12,14H,13H2,1-4H3,(H,21,24)/t14-/m0/s1. The summed E-state index contributed by atoms with van der Waals surface area (Å²) in [5, 5.41) is 2.90. The van der Waals surface area contributed by atoms with Gasteiger partial charge in [-0.15, -0.1) is 11.8 Å². The lowest BCUT2D eigenvalue weighted by Gasteiger charge is -2.24. The third-order valence-electron chi connectivity index (χ3n) is 4.19. The fourth-order valence-corrected chi connectivity index (χ4v) is 2.80. The summed E-state index contributed by atoms with van der Waals surface area (Å²) in [5.74, 6) is -0.0581. The van der Waals surface area contributed by atoms with Gasteiger partial charge in [-0.25, -0.2) is 0 Å². The number of nitrogens with zero attached hydrogens (tertiary/aromatic N) is 1. The van der Waals surface area contributed by atoms with E-state index in [2.05, 4.69) is 35.8 Å². The molecule has 0 radical (unpaired) electrons. The Morgan fingerprint density at radius 2 is 1.68 bits per heavy atom. The van der Waals surface area contributed by atoms with Gasteiger partial charge in [0.25, 0.3) is 0 Å². The molecule has 0 aliphatic carbocycles. The summed E-state index contributed by atoms with van der Waals surface area (Å²) < 4.78 is 0. The van der Waals surface area contributed by atoms with E-state index in [1.54, 1.807) is 36.0 Å². The van der Waals surface area contributed by atoms with Crippen LogP contribution in [0, 0.1) is 0 Å². The predicted molar refractivity (Wildman–Crippen MR) is 104 cm³/mol. The fourth-order valence-electron chi connectivity index (χ4n) is 2.39. The molecule has 132 valence electrons.